The molecule has 0 bridgehead atoms. The molecule has 7 heteroatoms. The average molecular weight is 290 g/mol. The predicted octanol–water partition coefficient (Wildman–Crippen LogP) is 0.613. The number of carboxylic acid groups (broad SMARTS) is 1. The smallest absolute Gasteiger partial charge is 0.323 e. The van der Waals surface area contributed by atoms with E-state index in [1.807, 2.05) is 0 Å². The molecule has 0 aromatic carbocycles. The van der Waals surface area contributed by atoms with Gasteiger partial charge in [-0.25, -0.2) is 0 Å². The number of carboxylic acids is 1. The number of aromatic nitrogens is 3. The average Bonchev–Trinajstić information content (AvgIpc) is 2.98. The zero-order valence-electron chi connectivity index (χ0n) is 12.3. The van der Waals surface area contributed by atoms with Gasteiger partial charge in [-0.15, -0.1) is 0 Å². The summed E-state index contributed by atoms with van der Waals surface area (Å²) in [7, 11) is 0. The second-order valence-corrected chi connectivity index (χ2v) is 5.76. The lowest BCUT2D eigenvalue weighted by molar-refractivity contribution is -0.137. The third-order valence-corrected chi connectivity index (χ3v) is 3.95. The van der Waals surface area contributed by atoms with Crippen LogP contribution in [0.2, 0.25) is 0 Å². The highest BCUT2D eigenvalue weighted by molar-refractivity contribution is 5.68. The summed E-state index contributed by atoms with van der Waals surface area (Å²) in [6.45, 7) is 6.89. The van der Waals surface area contributed by atoms with Crippen LogP contribution in [0.4, 0.5) is 0 Å². The van der Waals surface area contributed by atoms with Crippen LogP contribution in [0.1, 0.15) is 30.8 Å². The van der Waals surface area contributed by atoms with Gasteiger partial charge in [0.25, 0.3) is 5.56 Å². The standard InChI is InChI=1S/C14H18N4O3/c1-8(2)16-5-10-11(6-16)17(7-13(19)20)12-4-9(3)15-18(12)14(10)21/h4,8H,5-7H2,1-3H3,(H,19,20). The Morgan fingerprint density at radius 3 is 2.76 bits per heavy atom. The van der Waals surface area contributed by atoms with Crippen LogP contribution in [0.5, 0.6) is 0 Å². The number of aliphatic carboxylic acids is 1. The van der Waals surface area contributed by atoms with Gasteiger partial charge in [-0.2, -0.15) is 9.61 Å². The van der Waals surface area contributed by atoms with E-state index in [-0.39, 0.29) is 12.1 Å². The quantitative estimate of drug-likeness (QED) is 0.896. The van der Waals surface area contributed by atoms with Crippen LogP contribution in [0.25, 0.3) is 5.65 Å². The van der Waals surface area contributed by atoms with Crippen LogP contribution < -0.4 is 5.56 Å². The van der Waals surface area contributed by atoms with Crippen LogP contribution >= 0.6 is 0 Å². The molecule has 1 aliphatic heterocycles. The third-order valence-electron chi connectivity index (χ3n) is 3.95. The van der Waals surface area contributed by atoms with Gasteiger partial charge in [0.1, 0.15) is 12.2 Å². The van der Waals surface area contributed by atoms with E-state index in [0.29, 0.717) is 36.0 Å². The fraction of sp³-hybridized carbons (Fsp3) is 0.500. The van der Waals surface area contributed by atoms with Crippen molar-refractivity contribution in [2.75, 3.05) is 0 Å². The molecule has 21 heavy (non-hydrogen) atoms. The Morgan fingerprint density at radius 2 is 2.14 bits per heavy atom. The maximum absolute atomic E-state index is 12.6. The van der Waals surface area contributed by atoms with Crippen LogP contribution in [-0.2, 0) is 24.4 Å². The van der Waals surface area contributed by atoms with Crippen LogP contribution in [0.15, 0.2) is 10.9 Å². The molecule has 0 spiro atoms. The molecule has 0 unspecified atom stereocenters. The lowest BCUT2D eigenvalue weighted by Gasteiger charge is -2.19. The van der Waals surface area contributed by atoms with E-state index in [4.69, 9.17) is 5.11 Å². The minimum atomic E-state index is -0.926. The van der Waals surface area contributed by atoms with Crippen molar-refractivity contribution in [3.8, 4) is 0 Å². The summed E-state index contributed by atoms with van der Waals surface area (Å²) in [6.07, 6.45) is 0. The number of nitrogens with zero attached hydrogens (tertiary/aromatic N) is 4. The predicted molar refractivity (Wildman–Crippen MR) is 76.2 cm³/mol. The van der Waals surface area contributed by atoms with Gasteiger partial charge in [0.15, 0.2) is 0 Å². The van der Waals surface area contributed by atoms with Gasteiger partial charge < -0.3 is 9.67 Å². The molecule has 0 aliphatic carbocycles. The van der Waals surface area contributed by atoms with E-state index in [9.17, 15) is 9.59 Å². The summed E-state index contributed by atoms with van der Waals surface area (Å²) in [4.78, 5) is 25.9. The monoisotopic (exact) mass is 290 g/mol. The first kappa shape index (κ1) is 13.8. The number of rotatable bonds is 3. The fourth-order valence-electron chi connectivity index (χ4n) is 2.85. The summed E-state index contributed by atoms with van der Waals surface area (Å²) < 4.78 is 3.02. The summed E-state index contributed by atoms with van der Waals surface area (Å²) in [5, 5.41) is 13.4. The molecule has 2 aromatic heterocycles. The van der Waals surface area contributed by atoms with Crippen molar-refractivity contribution < 1.29 is 9.90 Å². The number of carbonyl (C=O) groups is 1. The zero-order valence-corrected chi connectivity index (χ0v) is 12.3. The Labute approximate surface area is 121 Å². The van der Waals surface area contributed by atoms with Crippen molar-refractivity contribution in [1.82, 2.24) is 19.1 Å². The van der Waals surface area contributed by atoms with E-state index < -0.39 is 5.97 Å². The van der Waals surface area contributed by atoms with Gasteiger partial charge in [0.2, 0.25) is 0 Å². The molecule has 1 N–H and O–H groups in total. The molecule has 112 valence electrons. The minimum absolute atomic E-state index is 0.141. The van der Waals surface area contributed by atoms with Gasteiger partial charge in [0.05, 0.1) is 11.3 Å². The van der Waals surface area contributed by atoms with Crippen molar-refractivity contribution in [3.63, 3.8) is 0 Å². The molecule has 3 rings (SSSR count). The SMILES string of the molecule is Cc1cc2n(CC(=O)O)c3c(c(=O)n2n1)CN(C(C)C)C3. The van der Waals surface area contributed by atoms with Crippen molar-refractivity contribution >= 4 is 11.6 Å². The van der Waals surface area contributed by atoms with E-state index in [1.54, 1.807) is 17.6 Å². The maximum Gasteiger partial charge on any atom is 0.323 e. The Kier molecular flexibility index (Phi) is 3.09. The van der Waals surface area contributed by atoms with E-state index in [1.165, 1.54) is 4.52 Å². The Balaban J connectivity index is 2.27. The highest BCUT2D eigenvalue weighted by atomic mass is 16.4. The van der Waals surface area contributed by atoms with Gasteiger partial charge in [0, 0.05) is 30.9 Å². The third kappa shape index (κ3) is 2.13. The molecule has 0 saturated carbocycles. The highest BCUT2D eigenvalue weighted by Crippen LogP contribution is 2.23. The summed E-state index contributed by atoms with van der Waals surface area (Å²) in [6, 6.07) is 2.05. The van der Waals surface area contributed by atoms with E-state index in [2.05, 4.69) is 23.8 Å². The van der Waals surface area contributed by atoms with E-state index >= 15 is 0 Å². The lowest BCUT2D eigenvalue weighted by Crippen LogP contribution is -2.26. The summed E-state index contributed by atoms with van der Waals surface area (Å²) in [5.41, 5.74) is 2.56. The first-order valence-corrected chi connectivity index (χ1v) is 6.95. The minimum Gasteiger partial charge on any atom is -0.480 e. The Hall–Kier alpha value is -2.15. The topological polar surface area (TPSA) is 79.8 Å². The molecule has 0 saturated heterocycles. The fourth-order valence-corrected chi connectivity index (χ4v) is 2.85. The molecule has 0 amide bonds. The van der Waals surface area contributed by atoms with Gasteiger partial charge in [-0.1, -0.05) is 0 Å². The Morgan fingerprint density at radius 1 is 1.43 bits per heavy atom. The van der Waals surface area contributed by atoms with Crippen molar-refractivity contribution in [2.45, 2.75) is 46.4 Å². The van der Waals surface area contributed by atoms with Gasteiger partial charge in [-0.05, 0) is 20.8 Å². The maximum atomic E-state index is 12.6. The molecule has 7 nitrogen and oxygen atoms in total. The number of aryl methyl sites for hydroxylation is 1. The summed E-state index contributed by atoms with van der Waals surface area (Å²) >= 11 is 0. The Bertz CT molecular complexity index is 788. The van der Waals surface area contributed by atoms with Crippen molar-refractivity contribution in [3.05, 3.63) is 33.4 Å². The van der Waals surface area contributed by atoms with Gasteiger partial charge >= 0.3 is 5.97 Å². The zero-order chi connectivity index (χ0) is 15.3. The second kappa shape index (κ2) is 4.70. The molecular weight excluding hydrogens is 272 g/mol. The van der Waals surface area contributed by atoms with Crippen LogP contribution in [-0.4, -0.2) is 36.2 Å². The highest BCUT2D eigenvalue weighted by Gasteiger charge is 2.29. The summed E-state index contributed by atoms with van der Waals surface area (Å²) in [5.74, 6) is -0.926. The van der Waals surface area contributed by atoms with E-state index in [0.717, 1.165) is 5.69 Å². The van der Waals surface area contributed by atoms with Crippen molar-refractivity contribution in [2.24, 2.45) is 0 Å². The molecule has 0 atom stereocenters. The lowest BCUT2D eigenvalue weighted by atomic mass is 10.2. The molecule has 0 radical (unpaired) electrons. The van der Waals surface area contributed by atoms with Crippen LogP contribution in [0, 0.1) is 6.92 Å². The second-order valence-electron chi connectivity index (χ2n) is 5.76. The first-order valence-electron chi connectivity index (χ1n) is 6.95. The molecule has 0 fully saturated rings. The normalized spacial score (nSPS) is 15.0. The van der Waals surface area contributed by atoms with Crippen LogP contribution in [0.3, 0.4) is 0 Å². The number of fused-ring (bicyclic) bond motifs is 2. The first-order chi connectivity index (χ1) is 9.88. The molecule has 1 aliphatic rings. The molecule has 3 heterocycles. The molecule has 2 aromatic rings. The molecular formula is C14H18N4O3. The number of hydrogen-bond acceptors (Lipinski definition) is 4. The van der Waals surface area contributed by atoms with Crippen molar-refractivity contribution in [1.29, 1.82) is 0 Å². The number of hydrogen-bond donors (Lipinski definition) is 1. The van der Waals surface area contributed by atoms with Gasteiger partial charge in [-0.3, -0.25) is 14.5 Å². The largest absolute Gasteiger partial charge is 0.480 e.